The Balaban J connectivity index is 2.23. The van der Waals surface area contributed by atoms with Crippen molar-refractivity contribution in [1.82, 2.24) is 4.98 Å². The maximum absolute atomic E-state index is 11.3. The van der Waals surface area contributed by atoms with Gasteiger partial charge in [0.15, 0.2) is 11.1 Å². The van der Waals surface area contributed by atoms with Gasteiger partial charge < -0.3 is 9.54 Å². The van der Waals surface area contributed by atoms with Gasteiger partial charge in [0.2, 0.25) is 0 Å². The van der Waals surface area contributed by atoms with E-state index in [1.54, 1.807) is 12.1 Å². The highest BCUT2D eigenvalue weighted by Gasteiger charge is 2.10. The van der Waals surface area contributed by atoms with Crippen LogP contribution < -0.4 is 0 Å². The van der Waals surface area contributed by atoms with E-state index in [-0.39, 0.29) is 0 Å². The normalized spacial score (nSPS) is 12.7. The first-order valence-electron chi connectivity index (χ1n) is 5.54. The fourth-order valence-electron chi connectivity index (χ4n) is 2.06. The number of aromatic amines is 1. The zero-order chi connectivity index (χ0) is 12.5. The SMILES string of the molecule is O=S(O)c1ccccc1-c1cc2ccccc2[nH]1. The molecule has 3 rings (SSSR count). The fourth-order valence-corrected chi connectivity index (χ4v) is 2.62. The fraction of sp³-hybridized carbons (Fsp3) is 0. The second kappa shape index (κ2) is 4.40. The molecule has 18 heavy (non-hydrogen) atoms. The van der Waals surface area contributed by atoms with Crippen LogP contribution in [0.25, 0.3) is 22.2 Å². The smallest absolute Gasteiger partial charge is 0.187 e. The minimum Gasteiger partial charge on any atom is -0.354 e. The van der Waals surface area contributed by atoms with Gasteiger partial charge in [-0.3, -0.25) is 0 Å². The number of fused-ring (bicyclic) bond motifs is 1. The van der Waals surface area contributed by atoms with Crippen molar-refractivity contribution in [3.05, 3.63) is 54.6 Å². The lowest BCUT2D eigenvalue weighted by Crippen LogP contribution is -1.92. The molecule has 0 radical (unpaired) electrons. The Kier molecular flexibility index (Phi) is 2.74. The van der Waals surface area contributed by atoms with Crippen LogP contribution in [0.2, 0.25) is 0 Å². The summed E-state index contributed by atoms with van der Waals surface area (Å²) >= 11 is -1.98. The summed E-state index contributed by atoms with van der Waals surface area (Å²) in [4.78, 5) is 3.68. The Morgan fingerprint density at radius 2 is 1.72 bits per heavy atom. The molecule has 1 atom stereocenters. The summed E-state index contributed by atoms with van der Waals surface area (Å²) in [6, 6.07) is 17.0. The maximum Gasteiger partial charge on any atom is 0.187 e. The van der Waals surface area contributed by atoms with Gasteiger partial charge >= 0.3 is 0 Å². The Hall–Kier alpha value is -1.91. The summed E-state index contributed by atoms with van der Waals surface area (Å²) in [5, 5.41) is 1.09. The van der Waals surface area contributed by atoms with Crippen LogP contribution in [0.4, 0.5) is 0 Å². The quantitative estimate of drug-likeness (QED) is 0.691. The molecule has 2 N–H and O–H groups in total. The third kappa shape index (κ3) is 1.85. The van der Waals surface area contributed by atoms with Crippen molar-refractivity contribution < 1.29 is 8.76 Å². The Morgan fingerprint density at radius 1 is 1.00 bits per heavy atom. The molecule has 1 heterocycles. The zero-order valence-electron chi connectivity index (χ0n) is 9.46. The van der Waals surface area contributed by atoms with Crippen LogP contribution in [0.1, 0.15) is 0 Å². The molecule has 2 aromatic carbocycles. The van der Waals surface area contributed by atoms with Crippen LogP contribution in [-0.2, 0) is 11.1 Å². The van der Waals surface area contributed by atoms with Crippen molar-refractivity contribution in [2.45, 2.75) is 4.90 Å². The third-order valence-electron chi connectivity index (χ3n) is 2.90. The number of aromatic nitrogens is 1. The molecule has 4 heteroatoms. The molecule has 3 nitrogen and oxygen atoms in total. The summed E-state index contributed by atoms with van der Waals surface area (Å²) in [5.74, 6) is 0. The van der Waals surface area contributed by atoms with Crippen molar-refractivity contribution in [3.63, 3.8) is 0 Å². The lowest BCUT2D eigenvalue weighted by atomic mass is 10.1. The predicted molar refractivity (Wildman–Crippen MR) is 72.8 cm³/mol. The molecule has 0 saturated heterocycles. The molecule has 1 aromatic heterocycles. The van der Waals surface area contributed by atoms with Crippen molar-refractivity contribution >= 4 is 22.0 Å². The van der Waals surface area contributed by atoms with Crippen LogP contribution >= 0.6 is 0 Å². The van der Waals surface area contributed by atoms with Gasteiger partial charge in [0.05, 0.1) is 4.90 Å². The molecule has 0 aliphatic heterocycles. The third-order valence-corrected chi connectivity index (χ3v) is 3.63. The van der Waals surface area contributed by atoms with Gasteiger partial charge in [-0.1, -0.05) is 36.4 Å². The summed E-state index contributed by atoms with van der Waals surface area (Å²) in [6.45, 7) is 0. The molecule has 0 bridgehead atoms. The maximum atomic E-state index is 11.3. The Bertz CT molecular complexity index is 700. The number of hydrogen-bond donors (Lipinski definition) is 2. The number of para-hydroxylation sites is 1. The van der Waals surface area contributed by atoms with E-state index in [1.165, 1.54) is 0 Å². The van der Waals surface area contributed by atoms with Gasteiger partial charge in [0.25, 0.3) is 0 Å². The van der Waals surface area contributed by atoms with E-state index >= 15 is 0 Å². The van der Waals surface area contributed by atoms with E-state index < -0.39 is 11.1 Å². The summed E-state index contributed by atoms with van der Waals surface area (Å²) < 4.78 is 20.6. The van der Waals surface area contributed by atoms with Crippen LogP contribution in [0.15, 0.2) is 59.5 Å². The minimum atomic E-state index is -1.98. The lowest BCUT2D eigenvalue weighted by molar-refractivity contribution is 0.564. The highest BCUT2D eigenvalue weighted by Crippen LogP contribution is 2.28. The first-order chi connectivity index (χ1) is 8.75. The molecule has 0 saturated carbocycles. The van der Waals surface area contributed by atoms with Gasteiger partial charge in [0.1, 0.15) is 0 Å². The molecular formula is C14H11NO2S. The topological polar surface area (TPSA) is 53.1 Å². The second-order valence-corrected chi connectivity index (χ2v) is 4.95. The Morgan fingerprint density at radius 3 is 2.50 bits per heavy atom. The molecular weight excluding hydrogens is 246 g/mol. The molecule has 0 amide bonds. The van der Waals surface area contributed by atoms with E-state index in [0.29, 0.717) is 4.90 Å². The van der Waals surface area contributed by atoms with E-state index in [2.05, 4.69) is 4.98 Å². The molecule has 3 aromatic rings. The van der Waals surface area contributed by atoms with Crippen molar-refractivity contribution in [1.29, 1.82) is 0 Å². The average Bonchev–Trinajstić information content (AvgIpc) is 2.82. The van der Waals surface area contributed by atoms with E-state index in [0.717, 1.165) is 22.2 Å². The van der Waals surface area contributed by atoms with Crippen LogP contribution in [0.5, 0.6) is 0 Å². The van der Waals surface area contributed by atoms with E-state index in [1.807, 2.05) is 42.5 Å². The number of hydrogen-bond acceptors (Lipinski definition) is 1. The monoisotopic (exact) mass is 257 g/mol. The molecule has 0 fully saturated rings. The Labute approximate surface area is 107 Å². The lowest BCUT2D eigenvalue weighted by Gasteiger charge is -2.03. The summed E-state index contributed by atoms with van der Waals surface area (Å²) in [6.07, 6.45) is 0. The highest BCUT2D eigenvalue weighted by molar-refractivity contribution is 7.79. The molecule has 0 spiro atoms. The zero-order valence-corrected chi connectivity index (χ0v) is 10.3. The van der Waals surface area contributed by atoms with Crippen LogP contribution in [0, 0.1) is 0 Å². The summed E-state index contributed by atoms with van der Waals surface area (Å²) in [5.41, 5.74) is 2.63. The van der Waals surface area contributed by atoms with Gasteiger partial charge in [-0.15, -0.1) is 0 Å². The predicted octanol–water partition coefficient (Wildman–Crippen LogP) is 3.42. The first-order valence-corrected chi connectivity index (χ1v) is 6.64. The molecule has 1 unspecified atom stereocenters. The van der Waals surface area contributed by atoms with Gasteiger partial charge in [-0.05, 0) is 18.2 Å². The number of rotatable bonds is 2. The number of H-pyrrole nitrogens is 1. The van der Waals surface area contributed by atoms with Crippen molar-refractivity contribution in [3.8, 4) is 11.3 Å². The second-order valence-electron chi connectivity index (χ2n) is 4.02. The van der Waals surface area contributed by atoms with Gasteiger partial charge in [-0.25, -0.2) is 4.21 Å². The van der Waals surface area contributed by atoms with E-state index in [4.69, 9.17) is 0 Å². The van der Waals surface area contributed by atoms with E-state index in [9.17, 15) is 8.76 Å². The average molecular weight is 257 g/mol. The molecule has 0 aliphatic rings. The minimum absolute atomic E-state index is 0.420. The summed E-state index contributed by atoms with van der Waals surface area (Å²) in [7, 11) is 0. The first kappa shape index (κ1) is 11.2. The van der Waals surface area contributed by atoms with Gasteiger partial charge in [-0.2, -0.15) is 0 Å². The largest absolute Gasteiger partial charge is 0.354 e. The number of benzene rings is 2. The van der Waals surface area contributed by atoms with Crippen molar-refractivity contribution in [2.24, 2.45) is 0 Å². The van der Waals surface area contributed by atoms with Crippen LogP contribution in [0.3, 0.4) is 0 Å². The van der Waals surface area contributed by atoms with Gasteiger partial charge in [0, 0.05) is 22.2 Å². The standard InChI is InChI=1S/C14H11NO2S/c16-18(17)14-8-4-2-6-11(14)13-9-10-5-1-3-7-12(10)15-13/h1-9,15H,(H,16,17). The molecule has 0 aliphatic carbocycles. The van der Waals surface area contributed by atoms with Crippen LogP contribution in [-0.4, -0.2) is 13.7 Å². The molecule has 90 valence electrons. The van der Waals surface area contributed by atoms with Crippen molar-refractivity contribution in [2.75, 3.05) is 0 Å². The highest BCUT2D eigenvalue weighted by atomic mass is 32.2. The number of nitrogens with one attached hydrogen (secondary N) is 1.